The van der Waals surface area contributed by atoms with Gasteiger partial charge in [-0.1, -0.05) is 6.92 Å². The maximum Gasteiger partial charge on any atom is 0.410 e. The highest BCUT2D eigenvalue weighted by Gasteiger charge is 2.29. The highest BCUT2D eigenvalue weighted by molar-refractivity contribution is 5.94. The molecular formula is C30H38F2N4O3. The Hall–Kier alpha value is -3.20. The first kappa shape index (κ1) is 27.4. The van der Waals surface area contributed by atoms with Crippen LogP contribution in [0.4, 0.5) is 19.3 Å². The molecule has 2 aromatic heterocycles. The van der Waals surface area contributed by atoms with Crippen LogP contribution >= 0.6 is 0 Å². The molecule has 0 radical (unpaired) electrons. The summed E-state index contributed by atoms with van der Waals surface area (Å²) in [5, 5.41) is 4.02. The Labute approximate surface area is 228 Å². The number of pyridine rings is 1. The molecule has 2 saturated heterocycles. The van der Waals surface area contributed by atoms with E-state index in [9.17, 15) is 9.18 Å². The first-order valence-electron chi connectivity index (χ1n) is 13.8. The zero-order valence-electron chi connectivity index (χ0n) is 23.2. The summed E-state index contributed by atoms with van der Waals surface area (Å²) in [4.78, 5) is 22.1. The van der Waals surface area contributed by atoms with Crippen LogP contribution in [0.5, 0.6) is 0 Å². The van der Waals surface area contributed by atoms with Gasteiger partial charge in [-0.15, -0.1) is 0 Å². The van der Waals surface area contributed by atoms with Crippen LogP contribution in [0.15, 0.2) is 30.5 Å². The highest BCUT2D eigenvalue weighted by Crippen LogP contribution is 2.37. The summed E-state index contributed by atoms with van der Waals surface area (Å²) in [6, 6.07) is 6.31. The number of amides is 1. The van der Waals surface area contributed by atoms with Crippen molar-refractivity contribution in [2.24, 2.45) is 5.41 Å². The molecule has 1 aromatic carbocycles. The Kier molecular flexibility index (Phi) is 7.55. The number of nitrogens with one attached hydrogen (secondary N) is 2. The third-order valence-corrected chi connectivity index (χ3v) is 7.89. The number of likely N-dealkylation sites (tertiary alicyclic amines) is 1. The number of anilines is 1. The lowest BCUT2D eigenvalue weighted by atomic mass is 9.82. The predicted octanol–water partition coefficient (Wildman–Crippen LogP) is 6.85. The number of piperidine rings is 1. The largest absolute Gasteiger partial charge is 0.444 e. The first-order valence-corrected chi connectivity index (χ1v) is 13.8. The van der Waals surface area contributed by atoms with Crippen LogP contribution in [0.2, 0.25) is 0 Å². The lowest BCUT2D eigenvalue weighted by Crippen LogP contribution is -2.41. The van der Waals surface area contributed by atoms with E-state index in [1.165, 1.54) is 0 Å². The molecule has 0 atom stereocenters. The van der Waals surface area contributed by atoms with Gasteiger partial charge >= 0.3 is 6.09 Å². The molecule has 2 fully saturated rings. The van der Waals surface area contributed by atoms with Crippen LogP contribution in [-0.4, -0.2) is 59.4 Å². The summed E-state index contributed by atoms with van der Waals surface area (Å²) in [7, 11) is 0. The van der Waals surface area contributed by atoms with Gasteiger partial charge in [-0.2, -0.15) is 0 Å². The number of fused-ring (bicyclic) bond motifs is 1. The predicted molar refractivity (Wildman–Crippen MR) is 148 cm³/mol. The maximum atomic E-state index is 15.1. The van der Waals surface area contributed by atoms with Crippen LogP contribution in [0.1, 0.15) is 65.0 Å². The van der Waals surface area contributed by atoms with Crippen molar-refractivity contribution < 1.29 is 23.0 Å². The lowest BCUT2D eigenvalue weighted by Gasteiger charge is -2.34. The van der Waals surface area contributed by atoms with Gasteiger partial charge in [-0.3, -0.25) is 0 Å². The average Bonchev–Trinajstić information content (AvgIpc) is 3.33. The second-order valence-corrected chi connectivity index (χ2v) is 12.2. The number of rotatable bonds is 5. The van der Waals surface area contributed by atoms with E-state index < -0.39 is 17.2 Å². The van der Waals surface area contributed by atoms with Crippen LogP contribution in [0.3, 0.4) is 0 Å². The fourth-order valence-electron chi connectivity index (χ4n) is 5.44. The number of benzene rings is 1. The van der Waals surface area contributed by atoms with Gasteiger partial charge in [-0.05, 0) is 75.6 Å². The number of aromatic nitrogens is 2. The minimum atomic E-state index is -0.615. The van der Waals surface area contributed by atoms with Crippen molar-refractivity contribution in [2.45, 2.75) is 64.9 Å². The van der Waals surface area contributed by atoms with Crippen molar-refractivity contribution in [1.29, 1.82) is 0 Å². The van der Waals surface area contributed by atoms with Crippen molar-refractivity contribution in [3.63, 3.8) is 0 Å². The summed E-state index contributed by atoms with van der Waals surface area (Å²) < 4.78 is 40.9. The van der Waals surface area contributed by atoms with Crippen molar-refractivity contribution in [2.75, 3.05) is 38.2 Å². The van der Waals surface area contributed by atoms with Gasteiger partial charge in [0.15, 0.2) is 0 Å². The van der Waals surface area contributed by atoms with Crippen LogP contribution < -0.4 is 5.32 Å². The highest BCUT2D eigenvalue weighted by atomic mass is 19.1. The molecule has 0 bridgehead atoms. The minimum Gasteiger partial charge on any atom is -0.444 e. The summed E-state index contributed by atoms with van der Waals surface area (Å²) in [6.07, 6.45) is 4.70. The molecule has 39 heavy (non-hydrogen) atoms. The van der Waals surface area contributed by atoms with E-state index in [2.05, 4.69) is 22.2 Å². The summed E-state index contributed by atoms with van der Waals surface area (Å²) in [6.45, 7) is 10.9. The van der Waals surface area contributed by atoms with Gasteiger partial charge in [0.2, 0.25) is 0 Å². The minimum absolute atomic E-state index is 0.00221. The van der Waals surface area contributed by atoms with E-state index in [-0.39, 0.29) is 23.1 Å². The molecule has 5 rings (SSSR count). The van der Waals surface area contributed by atoms with Gasteiger partial charge in [0.1, 0.15) is 22.9 Å². The quantitative estimate of drug-likeness (QED) is 0.370. The van der Waals surface area contributed by atoms with E-state index >= 15 is 4.39 Å². The molecule has 4 heterocycles. The molecule has 210 valence electrons. The number of hydrogen-bond donors (Lipinski definition) is 2. The number of aromatic amines is 1. The first-order chi connectivity index (χ1) is 18.5. The third-order valence-electron chi connectivity index (χ3n) is 7.89. The van der Waals surface area contributed by atoms with Crippen LogP contribution in [0.25, 0.3) is 22.2 Å². The number of hydrogen-bond acceptors (Lipinski definition) is 5. The molecule has 1 amide bonds. The number of halogens is 2. The number of carbonyl (C=O) groups excluding carboxylic acids is 1. The van der Waals surface area contributed by atoms with E-state index in [0.29, 0.717) is 49.6 Å². The molecule has 0 saturated carbocycles. The lowest BCUT2D eigenvalue weighted by molar-refractivity contribution is 0.0204. The summed E-state index contributed by atoms with van der Waals surface area (Å²) in [5.74, 6) is -1.01. The second-order valence-electron chi connectivity index (χ2n) is 12.2. The van der Waals surface area contributed by atoms with E-state index in [1.54, 1.807) is 23.2 Å². The molecule has 2 N–H and O–H groups in total. The van der Waals surface area contributed by atoms with Gasteiger partial charge in [0, 0.05) is 67.7 Å². The molecular weight excluding hydrogens is 502 g/mol. The van der Waals surface area contributed by atoms with E-state index in [1.807, 2.05) is 26.8 Å². The Morgan fingerprint density at radius 2 is 1.87 bits per heavy atom. The topological polar surface area (TPSA) is 79.5 Å². The van der Waals surface area contributed by atoms with E-state index in [4.69, 9.17) is 9.47 Å². The standard InChI is InChI=1S/C30H38F2N4O3/c1-29(2,3)39-28(37)36-11-6-19(7-12-36)25-16-22-20(5-10-33-27(22)35-25)21-15-26(24(32)17-23(21)31)34-18-30(4)8-13-38-14-9-30/h5,10,15-17,19,34H,6-9,11-14,18H2,1-4H3,(H,33,35). The summed E-state index contributed by atoms with van der Waals surface area (Å²) >= 11 is 0. The molecule has 2 aliphatic heterocycles. The zero-order valence-corrected chi connectivity index (χ0v) is 23.2. The summed E-state index contributed by atoms with van der Waals surface area (Å²) in [5.41, 5.74) is 2.40. The molecule has 7 nitrogen and oxygen atoms in total. The molecule has 2 aliphatic rings. The number of carbonyl (C=O) groups is 1. The zero-order chi connectivity index (χ0) is 27.8. The maximum absolute atomic E-state index is 15.1. The smallest absolute Gasteiger partial charge is 0.410 e. The van der Waals surface area contributed by atoms with Crippen LogP contribution in [-0.2, 0) is 9.47 Å². The van der Waals surface area contributed by atoms with Crippen molar-refractivity contribution in [3.05, 3.63) is 47.8 Å². The number of ether oxygens (including phenoxy) is 2. The van der Waals surface area contributed by atoms with Gasteiger partial charge in [0.05, 0.1) is 5.69 Å². The molecule has 3 aromatic rings. The van der Waals surface area contributed by atoms with Gasteiger partial charge in [0.25, 0.3) is 0 Å². The van der Waals surface area contributed by atoms with Gasteiger partial charge in [-0.25, -0.2) is 18.6 Å². The monoisotopic (exact) mass is 540 g/mol. The Morgan fingerprint density at radius 1 is 1.15 bits per heavy atom. The molecule has 0 unspecified atom stereocenters. The van der Waals surface area contributed by atoms with Crippen molar-refractivity contribution >= 4 is 22.8 Å². The normalized spacial score (nSPS) is 18.4. The average molecular weight is 541 g/mol. The number of nitrogens with zero attached hydrogens (tertiary/aromatic N) is 2. The fourth-order valence-corrected chi connectivity index (χ4v) is 5.44. The third kappa shape index (κ3) is 6.19. The van der Waals surface area contributed by atoms with E-state index in [0.717, 1.165) is 42.8 Å². The Balaban J connectivity index is 1.35. The second kappa shape index (κ2) is 10.8. The Morgan fingerprint density at radius 3 is 2.56 bits per heavy atom. The molecule has 0 spiro atoms. The van der Waals surface area contributed by atoms with Crippen molar-refractivity contribution in [3.8, 4) is 11.1 Å². The Bertz CT molecular complexity index is 1340. The molecule has 0 aliphatic carbocycles. The fraction of sp³-hybridized carbons (Fsp3) is 0.533. The van der Waals surface area contributed by atoms with Crippen LogP contribution in [0, 0.1) is 17.0 Å². The molecule has 9 heteroatoms. The van der Waals surface area contributed by atoms with Gasteiger partial charge < -0.3 is 24.7 Å². The number of H-pyrrole nitrogens is 1. The SMILES string of the molecule is CC1(CNc2cc(-c3ccnc4[nH]c(C5CCN(C(=O)OC(C)(C)C)CC5)cc34)c(F)cc2F)CCOCC1. The van der Waals surface area contributed by atoms with Crippen molar-refractivity contribution in [1.82, 2.24) is 14.9 Å².